The van der Waals surface area contributed by atoms with E-state index in [-0.39, 0.29) is 36.7 Å². The van der Waals surface area contributed by atoms with Crippen molar-refractivity contribution in [2.24, 2.45) is 0 Å². The number of carbonyl (C=O) groups excluding carboxylic acids is 3. The van der Waals surface area contributed by atoms with Gasteiger partial charge in [0.2, 0.25) is 5.91 Å². The van der Waals surface area contributed by atoms with Crippen LogP contribution in [0.25, 0.3) is 0 Å². The minimum atomic E-state index is -0.272. The first-order valence-corrected chi connectivity index (χ1v) is 10.9. The zero-order valence-electron chi connectivity index (χ0n) is 17.9. The molecule has 3 aliphatic rings. The summed E-state index contributed by atoms with van der Waals surface area (Å²) in [6.07, 6.45) is 0.693. The van der Waals surface area contributed by atoms with E-state index in [1.807, 2.05) is 24.3 Å². The van der Waals surface area contributed by atoms with Crippen LogP contribution < -0.4 is 19.7 Å². The largest absolute Gasteiger partial charge is 0.492 e. The van der Waals surface area contributed by atoms with Gasteiger partial charge in [-0.15, -0.1) is 0 Å². The lowest BCUT2D eigenvalue weighted by molar-refractivity contribution is -0.131. The molecule has 2 aromatic carbocycles. The van der Waals surface area contributed by atoms with Crippen molar-refractivity contribution in [3.8, 4) is 11.5 Å². The molecule has 3 aliphatic heterocycles. The number of nitrogens with zero attached hydrogens (tertiary/aromatic N) is 2. The normalized spacial score (nSPS) is 20.3. The van der Waals surface area contributed by atoms with Crippen LogP contribution >= 0.6 is 0 Å². The molecule has 1 N–H and O–H groups in total. The maximum atomic E-state index is 12.6. The number of carbonyl (C=O) groups is 3. The highest BCUT2D eigenvalue weighted by Crippen LogP contribution is 2.31. The van der Waals surface area contributed by atoms with E-state index in [0.717, 1.165) is 30.9 Å². The maximum absolute atomic E-state index is 12.6. The third-order valence-corrected chi connectivity index (χ3v) is 6.17. The second kappa shape index (κ2) is 8.27. The highest BCUT2D eigenvalue weighted by atomic mass is 16.5. The molecule has 0 spiro atoms. The second-order valence-electron chi connectivity index (χ2n) is 8.50. The van der Waals surface area contributed by atoms with Crippen LogP contribution in [0.1, 0.15) is 29.3 Å². The van der Waals surface area contributed by atoms with Crippen molar-refractivity contribution in [2.45, 2.75) is 25.8 Å². The third-order valence-electron chi connectivity index (χ3n) is 6.17. The van der Waals surface area contributed by atoms with Crippen molar-refractivity contribution in [1.82, 2.24) is 4.90 Å². The van der Waals surface area contributed by atoms with Gasteiger partial charge in [0.1, 0.15) is 11.5 Å². The van der Waals surface area contributed by atoms with Crippen molar-refractivity contribution in [2.75, 3.05) is 43.0 Å². The summed E-state index contributed by atoms with van der Waals surface area (Å²) in [5.74, 6) is 0.924. The molecule has 1 fully saturated rings. The Labute approximate surface area is 186 Å². The lowest BCUT2D eigenvalue weighted by Gasteiger charge is -2.41. The number of nitrogens with one attached hydrogen (secondary N) is 1. The van der Waals surface area contributed by atoms with Crippen LogP contribution in [0.5, 0.6) is 11.5 Å². The van der Waals surface area contributed by atoms with E-state index >= 15 is 0 Å². The Morgan fingerprint density at radius 1 is 1.12 bits per heavy atom. The number of piperazine rings is 1. The van der Waals surface area contributed by atoms with E-state index in [4.69, 9.17) is 9.47 Å². The number of amides is 1. The molecule has 1 atom stereocenters. The Morgan fingerprint density at radius 2 is 2.00 bits per heavy atom. The van der Waals surface area contributed by atoms with Gasteiger partial charge in [-0.1, -0.05) is 6.07 Å². The molecule has 1 saturated heterocycles. The summed E-state index contributed by atoms with van der Waals surface area (Å²) >= 11 is 0. The molecule has 0 radical (unpaired) electrons. The Kier molecular flexibility index (Phi) is 5.30. The lowest BCUT2D eigenvalue weighted by Crippen LogP contribution is -2.53. The quantitative estimate of drug-likeness (QED) is 0.582. The molecule has 32 heavy (non-hydrogen) atoms. The summed E-state index contributed by atoms with van der Waals surface area (Å²) in [6, 6.07) is 11.3. The molecule has 0 unspecified atom stereocenters. The average molecular weight is 435 g/mol. The summed E-state index contributed by atoms with van der Waals surface area (Å²) < 4.78 is 10.7. The predicted molar refractivity (Wildman–Crippen MR) is 119 cm³/mol. The number of anilines is 2. The predicted octanol–water partition coefficient (Wildman–Crippen LogP) is 2.26. The van der Waals surface area contributed by atoms with Gasteiger partial charge in [-0.25, -0.2) is 0 Å². The number of hydrogen-bond donors (Lipinski definition) is 1. The van der Waals surface area contributed by atoms with E-state index in [1.165, 1.54) is 0 Å². The molecule has 0 bridgehead atoms. The Balaban J connectivity index is 1.18. The molecule has 8 nitrogen and oxygen atoms in total. The van der Waals surface area contributed by atoms with Gasteiger partial charge in [0.15, 0.2) is 5.78 Å². The molecule has 5 rings (SSSR count). The summed E-state index contributed by atoms with van der Waals surface area (Å²) in [5.41, 5.74) is 3.12. The number of rotatable bonds is 4. The summed E-state index contributed by atoms with van der Waals surface area (Å²) in [4.78, 5) is 40.6. The molecule has 0 saturated carbocycles. The molecular formula is C24H25N3O5. The number of esters is 1. The van der Waals surface area contributed by atoms with Crippen LogP contribution in [-0.2, 0) is 16.0 Å². The first-order valence-electron chi connectivity index (χ1n) is 10.9. The van der Waals surface area contributed by atoms with Crippen LogP contribution in [0.15, 0.2) is 36.4 Å². The van der Waals surface area contributed by atoms with E-state index in [0.29, 0.717) is 35.8 Å². The second-order valence-corrected chi connectivity index (χ2v) is 8.50. The number of ketones is 1. The molecule has 3 heterocycles. The number of ether oxygens (including phenoxy) is 2. The molecule has 0 aliphatic carbocycles. The van der Waals surface area contributed by atoms with Gasteiger partial charge in [0.05, 0.1) is 25.1 Å². The number of fused-ring (bicyclic) bond motifs is 2. The third kappa shape index (κ3) is 4.05. The molecule has 166 valence electrons. The Bertz CT molecular complexity index is 1100. The van der Waals surface area contributed by atoms with Crippen molar-refractivity contribution >= 4 is 29.0 Å². The fourth-order valence-corrected chi connectivity index (χ4v) is 4.58. The Hall–Kier alpha value is -3.39. The lowest BCUT2D eigenvalue weighted by atomic mass is 10.0. The van der Waals surface area contributed by atoms with Gasteiger partial charge in [-0.3, -0.25) is 19.3 Å². The smallest absolute Gasteiger partial charge is 0.315 e. The number of Topliss-reactive ketones (excluding diaryl/α,β-unsaturated/α-hetero) is 1. The Morgan fingerprint density at radius 3 is 2.84 bits per heavy atom. The van der Waals surface area contributed by atoms with E-state index in [1.54, 1.807) is 12.1 Å². The van der Waals surface area contributed by atoms with Crippen LogP contribution in [-0.4, -0.2) is 61.4 Å². The van der Waals surface area contributed by atoms with Crippen LogP contribution in [0.2, 0.25) is 0 Å². The summed E-state index contributed by atoms with van der Waals surface area (Å²) in [5, 5.41) is 2.89. The average Bonchev–Trinajstić information content (AvgIpc) is 3.13. The molecule has 0 aromatic heterocycles. The van der Waals surface area contributed by atoms with E-state index < -0.39 is 0 Å². The minimum absolute atomic E-state index is 0.105. The first-order chi connectivity index (χ1) is 15.5. The number of benzene rings is 2. The highest BCUT2D eigenvalue weighted by molar-refractivity contribution is 6.00. The molecular weight excluding hydrogens is 410 g/mol. The van der Waals surface area contributed by atoms with Gasteiger partial charge >= 0.3 is 5.97 Å². The molecule has 8 heteroatoms. The summed E-state index contributed by atoms with van der Waals surface area (Å²) in [7, 11) is 0. The minimum Gasteiger partial charge on any atom is -0.492 e. The van der Waals surface area contributed by atoms with Crippen molar-refractivity contribution < 1.29 is 23.9 Å². The van der Waals surface area contributed by atoms with Crippen molar-refractivity contribution in [3.63, 3.8) is 0 Å². The standard InChI is InChI=1S/C24H25N3O5/c1-15-13-26(14-23(29)25-17-3-2-16-10-24(30)32-22(16)11-17)7-8-27(15)18-4-5-21-19(12-18)20(28)6-9-31-21/h2-5,11-12,15H,6-10,13-14H2,1H3,(H,25,29)/t15-/m1/s1. The van der Waals surface area contributed by atoms with Crippen molar-refractivity contribution in [3.05, 3.63) is 47.5 Å². The fourth-order valence-electron chi connectivity index (χ4n) is 4.58. The van der Waals surface area contributed by atoms with Gasteiger partial charge in [0.25, 0.3) is 0 Å². The summed E-state index contributed by atoms with van der Waals surface area (Å²) in [6.45, 7) is 5.08. The van der Waals surface area contributed by atoms with Gasteiger partial charge < -0.3 is 19.7 Å². The van der Waals surface area contributed by atoms with E-state index in [2.05, 4.69) is 22.0 Å². The molecule has 1 amide bonds. The fraction of sp³-hybridized carbons (Fsp3) is 0.375. The maximum Gasteiger partial charge on any atom is 0.315 e. The van der Waals surface area contributed by atoms with Gasteiger partial charge in [-0.05, 0) is 31.2 Å². The van der Waals surface area contributed by atoms with Gasteiger partial charge in [-0.2, -0.15) is 0 Å². The van der Waals surface area contributed by atoms with Crippen molar-refractivity contribution in [1.29, 1.82) is 0 Å². The molecule has 2 aromatic rings. The number of hydrogen-bond acceptors (Lipinski definition) is 7. The SMILES string of the molecule is C[C@@H]1CN(CC(=O)Nc2ccc3c(c2)OC(=O)C3)CCN1c1ccc2c(c1)C(=O)CCO2. The highest BCUT2D eigenvalue weighted by Gasteiger charge is 2.27. The van der Waals surface area contributed by atoms with Crippen LogP contribution in [0.4, 0.5) is 11.4 Å². The van der Waals surface area contributed by atoms with Crippen LogP contribution in [0.3, 0.4) is 0 Å². The van der Waals surface area contributed by atoms with E-state index in [9.17, 15) is 14.4 Å². The first kappa shape index (κ1) is 20.5. The zero-order valence-corrected chi connectivity index (χ0v) is 17.9. The monoisotopic (exact) mass is 435 g/mol. The zero-order chi connectivity index (χ0) is 22.2. The van der Waals surface area contributed by atoms with Crippen LogP contribution in [0, 0.1) is 0 Å². The van der Waals surface area contributed by atoms with Gasteiger partial charge in [0, 0.05) is 55.1 Å². The topological polar surface area (TPSA) is 88.2 Å².